The molecule has 1 atom stereocenters. The van der Waals surface area contributed by atoms with E-state index in [0.29, 0.717) is 10.2 Å². The zero-order valence-corrected chi connectivity index (χ0v) is 10.1. The lowest BCUT2D eigenvalue weighted by atomic mass is 10.2. The number of nitro benzene ring substituents is 1. The van der Waals surface area contributed by atoms with Crippen LogP contribution in [0.5, 0.6) is 5.75 Å². The fraction of sp³-hybridized carbons (Fsp3) is 0.400. The van der Waals surface area contributed by atoms with Crippen LogP contribution in [-0.4, -0.2) is 24.1 Å². The minimum Gasteiger partial charge on any atom is -0.482 e. The van der Waals surface area contributed by atoms with E-state index in [-0.39, 0.29) is 11.8 Å². The van der Waals surface area contributed by atoms with Gasteiger partial charge in [-0.15, -0.1) is 0 Å². The van der Waals surface area contributed by atoms with Crippen molar-refractivity contribution in [3.8, 4) is 5.75 Å². The Bertz CT molecular complexity index is 405. The molecular weight excluding hydrogens is 276 g/mol. The van der Waals surface area contributed by atoms with Gasteiger partial charge >= 0.3 is 5.69 Å². The second kappa shape index (κ2) is 4.80. The topological polar surface area (TPSA) is 64.4 Å². The predicted octanol–water partition coefficient (Wildman–Crippen LogP) is 2.10. The molecule has 0 aliphatic carbocycles. The van der Waals surface area contributed by atoms with E-state index in [2.05, 4.69) is 21.2 Å². The van der Waals surface area contributed by atoms with Crippen molar-refractivity contribution in [3.63, 3.8) is 0 Å². The van der Waals surface area contributed by atoms with Gasteiger partial charge in [0.05, 0.1) is 4.92 Å². The highest BCUT2D eigenvalue weighted by molar-refractivity contribution is 9.10. The summed E-state index contributed by atoms with van der Waals surface area (Å²) in [6.45, 7) is 1.64. The van der Waals surface area contributed by atoms with Gasteiger partial charge in [0.25, 0.3) is 0 Å². The van der Waals surface area contributed by atoms with Crippen molar-refractivity contribution in [1.82, 2.24) is 5.32 Å². The van der Waals surface area contributed by atoms with Gasteiger partial charge in [0.2, 0.25) is 0 Å². The van der Waals surface area contributed by atoms with Crippen LogP contribution in [0.2, 0.25) is 0 Å². The minimum atomic E-state index is -0.428. The van der Waals surface area contributed by atoms with Crippen LogP contribution in [0.15, 0.2) is 22.7 Å². The Morgan fingerprint density at radius 1 is 1.56 bits per heavy atom. The van der Waals surface area contributed by atoms with Crippen molar-refractivity contribution in [2.24, 2.45) is 0 Å². The maximum Gasteiger partial charge on any atom is 0.312 e. The van der Waals surface area contributed by atoms with Gasteiger partial charge < -0.3 is 10.1 Å². The molecule has 16 heavy (non-hydrogen) atoms. The van der Waals surface area contributed by atoms with Gasteiger partial charge in [0.15, 0.2) is 5.75 Å². The van der Waals surface area contributed by atoms with E-state index in [9.17, 15) is 10.1 Å². The minimum absolute atomic E-state index is 0.00118. The first-order chi connectivity index (χ1) is 7.66. The zero-order valence-electron chi connectivity index (χ0n) is 8.48. The highest BCUT2D eigenvalue weighted by Gasteiger charge is 2.21. The molecule has 1 saturated heterocycles. The lowest BCUT2D eigenvalue weighted by molar-refractivity contribution is -0.386. The Kier molecular flexibility index (Phi) is 3.40. The van der Waals surface area contributed by atoms with Crippen molar-refractivity contribution in [2.75, 3.05) is 13.1 Å². The Morgan fingerprint density at radius 2 is 2.38 bits per heavy atom. The summed E-state index contributed by atoms with van der Waals surface area (Å²) in [5.41, 5.74) is 0.00118. The van der Waals surface area contributed by atoms with E-state index in [1.54, 1.807) is 12.1 Å². The molecule has 0 saturated carbocycles. The molecule has 0 unspecified atom stereocenters. The molecule has 1 aliphatic rings. The van der Waals surface area contributed by atoms with Crippen LogP contribution < -0.4 is 10.1 Å². The van der Waals surface area contributed by atoms with Gasteiger partial charge in [-0.25, -0.2) is 0 Å². The summed E-state index contributed by atoms with van der Waals surface area (Å²) in [5.74, 6) is 0.335. The third-order valence-electron chi connectivity index (χ3n) is 2.43. The van der Waals surface area contributed by atoms with Gasteiger partial charge in [-0.2, -0.15) is 0 Å². The molecule has 1 aromatic rings. The number of nitro groups is 1. The summed E-state index contributed by atoms with van der Waals surface area (Å²) in [5, 5.41) is 14.0. The van der Waals surface area contributed by atoms with E-state index in [1.165, 1.54) is 6.07 Å². The monoisotopic (exact) mass is 286 g/mol. The van der Waals surface area contributed by atoms with Crippen molar-refractivity contribution >= 4 is 21.6 Å². The molecular formula is C10H11BrN2O3. The van der Waals surface area contributed by atoms with Crippen LogP contribution in [0.25, 0.3) is 0 Å². The van der Waals surface area contributed by atoms with Gasteiger partial charge in [-0.3, -0.25) is 10.1 Å². The number of hydrogen-bond donors (Lipinski definition) is 1. The number of ether oxygens (including phenoxy) is 1. The fourth-order valence-electron chi connectivity index (χ4n) is 1.64. The lowest BCUT2D eigenvalue weighted by Crippen LogP contribution is -2.20. The van der Waals surface area contributed by atoms with E-state index in [0.717, 1.165) is 19.5 Å². The highest BCUT2D eigenvalue weighted by atomic mass is 79.9. The van der Waals surface area contributed by atoms with E-state index in [4.69, 9.17) is 4.74 Å². The largest absolute Gasteiger partial charge is 0.482 e. The van der Waals surface area contributed by atoms with Crippen molar-refractivity contribution < 1.29 is 9.66 Å². The zero-order chi connectivity index (χ0) is 11.5. The predicted molar refractivity (Wildman–Crippen MR) is 62.7 cm³/mol. The van der Waals surface area contributed by atoms with Gasteiger partial charge in [-0.1, -0.05) is 15.9 Å². The highest BCUT2D eigenvalue weighted by Crippen LogP contribution is 2.31. The normalized spacial score (nSPS) is 19.7. The molecule has 5 nitrogen and oxygen atoms in total. The number of hydrogen-bond acceptors (Lipinski definition) is 4. The smallest absolute Gasteiger partial charge is 0.312 e. The van der Waals surface area contributed by atoms with Crippen LogP contribution >= 0.6 is 15.9 Å². The molecule has 2 rings (SSSR count). The Labute approximate surface area is 101 Å². The van der Waals surface area contributed by atoms with Crippen LogP contribution in [0.1, 0.15) is 6.42 Å². The summed E-state index contributed by atoms with van der Waals surface area (Å²) >= 11 is 3.20. The summed E-state index contributed by atoms with van der Waals surface area (Å²) in [6, 6.07) is 4.82. The van der Waals surface area contributed by atoms with Crippen LogP contribution in [0, 0.1) is 10.1 Å². The molecule has 86 valence electrons. The average molecular weight is 287 g/mol. The molecule has 0 radical (unpaired) electrons. The third-order valence-corrected chi connectivity index (χ3v) is 2.92. The number of rotatable bonds is 3. The van der Waals surface area contributed by atoms with Crippen LogP contribution in [-0.2, 0) is 0 Å². The molecule has 0 spiro atoms. The Balaban J connectivity index is 2.21. The Morgan fingerprint density at radius 3 is 3.00 bits per heavy atom. The van der Waals surface area contributed by atoms with E-state index in [1.807, 2.05) is 0 Å². The van der Waals surface area contributed by atoms with E-state index >= 15 is 0 Å². The SMILES string of the molecule is O=[N+]([O-])c1cc(Br)ccc1O[C@@H]1CCNC1. The van der Waals surface area contributed by atoms with Crippen molar-refractivity contribution in [1.29, 1.82) is 0 Å². The number of nitrogens with zero attached hydrogens (tertiary/aromatic N) is 1. The summed E-state index contributed by atoms with van der Waals surface area (Å²) in [4.78, 5) is 10.4. The van der Waals surface area contributed by atoms with Crippen molar-refractivity contribution in [3.05, 3.63) is 32.8 Å². The molecule has 0 aromatic heterocycles. The standard InChI is InChI=1S/C10H11BrN2O3/c11-7-1-2-10(9(5-7)13(14)15)16-8-3-4-12-6-8/h1-2,5,8,12H,3-4,6H2/t8-/m1/s1. The number of halogens is 1. The summed E-state index contributed by atoms with van der Waals surface area (Å²) < 4.78 is 6.27. The van der Waals surface area contributed by atoms with E-state index < -0.39 is 4.92 Å². The Hall–Kier alpha value is -1.14. The van der Waals surface area contributed by atoms with Gasteiger partial charge in [0.1, 0.15) is 6.10 Å². The van der Waals surface area contributed by atoms with Gasteiger partial charge in [-0.05, 0) is 25.1 Å². The number of benzene rings is 1. The quantitative estimate of drug-likeness (QED) is 0.683. The molecule has 1 N–H and O–H groups in total. The molecule has 1 aromatic carbocycles. The maximum atomic E-state index is 10.8. The third kappa shape index (κ3) is 2.51. The molecule has 0 bridgehead atoms. The molecule has 6 heteroatoms. The molecule has 1 aliphatic heterocycles. The second-order valence-corrected chi connectivity index (χ2v) is 4.52. The summed E-state index contributed by atoms with van der Waals surface area (Å²) in [7, 11) is 0. The average Bonchev–Trinajstić information content (AvgIpc) is 2.73. The molecule has 1 heterocycles. The van der Waals surface area contributed by atoms with Crippen LogP contribution in [0.4, 0.5) is 5.69 Å². The molecule has 0 amide bonds. The first-order valence-electron chi connectivity index (χ1n) is 4.98. The maximum absolute atomic E-state index is 10.8. The van der Waals surface area contributed by atoms with Crippen molar-refractivity contribution in [2.45, 2.75) is 12.5 Å². The molecule has 1 fully saturated rings. The first kappa shape index (κ1) is 11.3. The number of nitrogens with one attached hydrogen (secondary N) is 1. The van der Waals surface area contributed by atoms with Crippen LogP contribution in [0.3, 0.4) is 0 Å². The first-order valence-corrected chi connectivity index (χ1v) is 5.77. The lowest BCUT2D eigenvalue weighted by Gasteiger charge is -2.12. The second-order valence-electron chi connectivity index (χ2n) is 3.60. The van der Waals surface area contributed by atoms with Gasteiger partial charge in [0, 0.05) is 17.1 Å². The summed E-state index contributed by atoms with van der Waals surface area (Å²) in [6.07, 6.45) is 0.910. The fourth-order valence-corrected chi connectivity index (χ4v) is 1.99.